The van der Waals surface area contributed by atoms with Gasteiger partial charge in [-0.15, -0.1) is 0 Å². The molecular formula is C19H16O6. The molecule has 4 N–H and O–H groups in total. The normalized spacial score (nSPS) is 24.5. The van der Waals surface area contributed by atoms with Crippen molar-refractivity contribution in [1.29, 1.82) is 0 Å². The molecule has 0 fully saturated rings. The molecule has 0 amide bonds. The van der Waals surface area contributed by atoms with Crippen LogP contribution in [0, 0.1) is 0 Å². The summed E-state index contributed by atoms with van der Waals surface area (Å²) in [4.78, 5) is 25.6. The molecular weight excluding hydrogens is 324 g/mol. The Morgan fingerprint density at radius 2 is 1.52 bits per heavy atom. The van der Waals surface area contributed by atoms with E-state index >= 15 is 0 Å². The number of ketones is 2. The van der Waals surface area contributed by atoms with E-state index in [0.29, 0.717) is 0 Å². The van der Waals surface area contributed by atoms with Crippen LogP contribution in [0.5, 0.6) is 11.5 Å². The number of aromatic hydroxyl groups is 2. The smallest absolute Gasteiger partial charge is 0.198 e. The summed E-state index contributed by atoms with van der Waals surface area (Å²) in [7, 11) is 0. The maximum atomic E-state index is 12.8. The van der Waals surface area contributed by atoms with Crippen molar-refractivity contribution in [2.24, 2.45) is 0 Å². The summed E-state index contributed by atoms with van der Waals surface area (Å²) < 4.78 is 0. The second-order valence-corrected chi connectivity index (χ2v) is 6.94. The SMILES string of the molecule is CC1(O)Cc2c(O)c3c(c(O)c2C(O)C1)C(=O)c1ccccc1C3=O. The van der Waals surface area contributed by atoms with Gasteiger partial charge >= 0.3 is 0 Å². The van der Waals surface area contributed by atoms with Gasteiger partial charge in [0.1, 0.15) is 11.5 Å². The van der Waals surface area contributed by atoms with Crippen LogP contribution in [-0.4, -0.2) is 37.6 Å². The van der Waals surface area contributed by atoms with Crippen LogP contribution in [0.1, 0.15) is 62.4 Å². The molecule has 6 nitrogen and oxygen atoms in total. The van der Waals surface area contributed by atoms with Gasteiger partial charge in [0.05, 0.1) is 22.8 Å². The lowest BCUT2D eigenvalue weighted by Crippen LogP contribution is -2.35. The Morgan fingerprint density at radius 3 is 2.08 bits per heavy atom. The molecule has 2 aliphatic rings. The van der Waals surface area contributed by atoms with Crippen molar-refractivity contribution >= 4 is 11.6 Å². The van der Waals surface area contributed by atoms with E-state index < -0.39 is 34.8 Å². The Bertz CT molecular complexity index is 957. The number of phenols is 2. The molecule has 0 heterocycles. The first-order valence-corrected chi connectivity index (χ1v) is 7.92. The molecule has 0 aliphatic heterocycles. The van der Waals surface area contributed by atoms with Gasteiger partial charge in [0.2, 0.25) is 0 Å². The van der Waals surface area contributed by atoms with Crippen LogP contribution in [0.3, 0.4) is 0 Å². The molecule has 2 aromatic carbocycles. The highest BCUT2D eigenvalue weighted by Gasteiger charge is 2.43. The van der Waals surface area contributed by atoms with Gasteiger partial charge < -0.3 is 20.4 Å². The van der Waals surface area contributed by atoms with E-state index in [9.17, 15) is 30.0 Å². The number of fused-ring (bicyclic) bond motifs is 3. The fourth-order valence-electron chi connectivity index (χ4n) is 3.89. The van der Waals surface area contributed by atoms with E-state index in [4.69, 9.17) is 0 Å². The minimum absolute atomic E-state index is 0.00306. The topological polar surface area (TPSA) is 115 Å². The number of benzene rings is 2. The van der Waals surface area contributed by atoms with Gasteiger partial charge in [0, 0.05) is 35.1 Å². The molecule has 4 rings (SSSR count). The third kappa shape index (κ3) is 2.04. The number of aliphatic hydroxyl groups is 2. The average Bonchev–Trinajstić information content (AvgIpc) is 2.54. The maximum absolute atomic E-state index is 12.8. The third-order valence-electron chi connectivity index (χ3n) is 4.98. The first kappa shape index (κ1) is 15.8. The van der Waals surface area contributed by atoms with Gasteiger partial charge in [-0.1, -0.05) is 24.3 Å². The summed E-state index contributed by atoms with van der Waals surface area (Å²) >= 11 is 0. The first-order valence-electron chi connectivity index (χ1n) is 7.92. The summed E-state index contributed by atoms with van der Waals surface area (Å²) in [6.45, 7) is 1.50. The number of hydrogen-bond acceptors (Lipinski definition) is 6. The largest absolute Gasteiger partial charge is 0.507 e. The summed E-state index contributed by atoms with van der Waals surface area (Å²) in [5.41, 5.74) is -1.47. The lowest BCUT2D eigenvalue weighted by molar-refractivity contribution is -0.00904. The van der Waals surface area contributed by atoms with Crippen molar-refractivity contribution < 1.29 is 30.0 Å². The van der Waals surface area contributed by atoms with Gasteiger partial charge in [0.15, 0.2) is 11.6 Å². The zero-order valence-electron chi connectivity index (χ0n) is 13.4. The molecule has 0 bridgehead atoms. The van der Waals surface area contributed by atoms with Gasteiger partial charge in [-0.25, -0.2) is 0 Å². The Kier molecular flexibility index (Phi) is 3.10. The number of carbonyl (C=O) groups excluding carboxylic acids is 2. The van der Waals surface area contributed by atoms with Crippen LogP contribution in [0.25, 0.3) is 0 Å². The molecule has 6 heteroatoms. The molecule has 128 valence electrons. The van der Waals surface area contributed by atoms with Crippen molar-refractivity contribution in [3.63, 3.8) is 0 Å². The minimum Gasteiger partial charge on any atom is -0.507 e. The molecule has 0 saturated heterocycles. The van der Waals surface area contributed by atoms with Crippen molar-refractivity contribution in [1.82, 2.24) is 0 Å². The Hall–Kier alpha value is -2.70. The van der Waals surface area contributed by atoms with Crippen LogP contribution in [-0.2, 0) is 6.42 Å². The van der Waals surface area contributed by atoms with Crippen molar-refractivity contribution in [3.05, 3.63) is 57.6 Å². The van der Waals surface area contributed by atoms with Gasteiger partial charge in [-0.05, 0) is 6.92 Å². The van der Waals surface area contributed by atoms with E-state index in [1.165, 1.54) is 19.1 Å². The average molecular weight is 340 g/mol. The Labute approximate surface area is 143 Å². The molecule has 0 spiro atoms. The molecule has 0 aromatic heterocycles. The van der Waals surface area contributed by atoms with Crippen LogP contribution in [0.15, 0.2) is 24.3 Å². The van der Waals surface area contributed by atoms with Crippen LogP contribution < -0.4 is 0 Å². The molecule has 2 atom stereocenters. The van der Waals surface area contributed by atoms with Crippen LogP contribution in [0.2, 0.25) is 0 Å². The number of carbonyl (C=O) groups is 2. The second-order valence-electron chi connectivity index (χ2n) is 6.94. The van der Waals surface area contributed by atoms with Gasteiger partial charge in [-0.2, -0.15) is 0 Å². The Balaban J connectivity index is 2.07. The number of aliphatic hydroxyl groups excluding tert-OH is 1. The predicted molar refractivity (Wildman–Crippen MR) is 87.0 cm³/mol. The zero-order chi connectivity index (χ0) is 18.1. The fraction of sp³-hybridized carbons (Fsp3) is 0.263. The molecule has 0 radical (unpaired) electrons. The van der Waals surface area contributed by atoms with Crippen molar-refractivity contribution in [2.45, 2.75) is 31.5 Å². The summed E-state index contributed by atoms with van der Waals surface area (Å²) in [6, 6.07) is 6.18. The van der Waals surface area contributed by atoms with E-state index in [1.807, 2.05) is 0 Å². The van der Waals surface area contributed by atoms with Crippen molar-refractivity contribution in [2.75, 3.05) is 0 Å². The quantitative estimate of drug-likeness (QED) is 0.462. The predicted octanol–water partition coefficient (Wildman–Crippen LogP) is 1.60. The number of phenolic OH excluding ortho intramolecular Hbond substituents is 2. The summed E-state index contributed by atoms with van der Waals surface area (Å²) in [5, 5.41) is 41.9. The highest BCUT2D eigenvalue weighted by molar-refractivity contribution is 6.30. The molecule has 2 aromatic rings. The first-order chi connectivity index (χ1) is 11.7. The zero-order valence-corrected chi connectivity index (χ0v) is 13.4. The molecule has 0 saturated carbocycles. The standard InChI is InChI=1S/C19H16O6/c1-19(25)6-10-12(11(20)7-19)18(24)14-13(17(10)23)15(21)8-4-2-3-5-9(8)16(14)22/h2-5,11,20,23-25H,6-7H2,1H3. The van der Waals surface area contributed by atoms with Gasteiger partial charge in [0.25, 0.3) is 0 Å². The Morgan fingerprint density at radius 1 is 1.00 bits per heavy atom. The number of rotatable bonds is 0. The summed E-state index contributed by atoms with van der Waals surface area (Å²) in [6.07, 6.45) is -1.35. The third-order valence-corrected chi connectivity index (χ3v) is 4.98. The minimum atomic E-state index is -1.30. The van der Waals surface area contributed by atoms with E-state index in [-0.39, 0.29) is 46.2 Å². The molecule has 25 heavy (non-hydrogen) atoms. The molecule has 2 aliphatic carbocycles. The van der Waals surface area contributed by atoms with E-state index in [1.54, 1.807) is 12.1 Å². The molecule has 2 unspecified atom stereocenters. The maximum Gasteiger partial charge on any atom is 0.198 e. The van der Waals surface area contributed by atoms with E-state index in [2.05, 4.69) is 0 Å². The fourth-order valence-corrected chi connectivity index (χ4v) is 3.89. The monoisotopic (exact) mass is 340 g/mol. The lowest BCUT2D eigenvalue weighted by atomic mass is 9.74. The van der Waals surface area contributed by atoms with Crippen LogP contribution in [0.4, 0.5) is 0 Å². The second kappa shape index (κ2) is 4.91. The number of hydrogen-bond donors (Lipinski definition) is 4. The highest BCUT2D eigenvalue weighted by atomic mass is 16.3. The van der Waals surface area contributed by atoms with Gasteiger partial charge in [-0.3, -0.25) is 9.59 Å². The van der Waals surface area contributed by atoms with E-state index in [0.717, 1.165) is 0 Å². The van der Waals surface area contributed by atoms with Crippen LogP contribution >= 0.6 is 0 Å². The summed E-state index contributed by atoms with van der Waals surface area (Å²) in [5.74, 6) is -2.11. The lowest BCUT2D eigenvalue weighted by Gasteiger charge is -2.35. The van der Waals surface area contributed by atoms with Crippen molar-refractivity contribution in [3.8, 4) is 11.5 Å². The highest BCUT2D eigenvalue weighted by Crippen LogP contribution is 2.49.